The molecule has 1 aromatic rings. The zero-order valence-electron chi connectivity index (χ0n) is 9.69. The molecule has 0 bridgehead atoms. The van der Waals surface area contributed by atoms with E-state index in [0.717, 1.165) is 5.56 Å². The maximum atomic E-state index is 10.1. The summed E-state index contributed by atoms with van der Waals surface area (Å²) >= 11 is 0. The van der Waals surface area contributed by atoms with Gasteiger partial charge in [-0.25, -0.2) is 0 Å². The summed E-state index contributed by atoms with van der Waals surface area (Å²) < 4.78 is 10.5. The molecule has 1 heterocycles. The van der Waals surface area contributed by atoms with Crippen molar-refractivity contribution in [2.24, 2.45) is 5.73 Å². The van der Waals surface area contributed by atoms with Gasteiger partial charge in [-0.15, -0.1) is 0 Å². The number of aliphatic hydroxyl groups is 2. The molecule has 0 amide bonds. The third-order valence-corrected chi connectivity index (χ3v) is 3.44. The SMILES string of the molecule is N[C@H]1C=C[C@@H](O)[C@H](O)[C@@H]1c1ccc2c(c1)OCO2. The highest BCUT2D eigenvalue weighted by molar-refractivity contribution is 5.46. The Labute approximate surface area is 104 Å². The molecule has 0 radical (unpaired) electrons. The second-order valence-corrected chi connectivity index (χ2v) is 4.58. The van der Waals surface area contributed by atoms with Gasteiger partial charge >= 0.3 is 0 Å². The van der Waals surface area contributed by atoms with Gasteiger partial charge in [0, 0.05) is 12.0 Å². The van der Waals surface area contributed by atoms with Crippen molar-refractivity contribution in [1.29, 1.82) is 0 Å². The van der Waals surface area contributed by atoms with Crippen molar-refractivity contribution >= 4 is 0 Å². The maximum Gasteiger partial charge on any atom is 0.231 e. The molecule has 4 atom stereocenters. The lowest BCUT2D eigenvalue weighted by Crippen LogP contribution is -2.43. The first-order chi connectivity index (χ1) is 8.66. The van der Waals surface area contributed by atoms with Crippen LogP contribution in [-0.4, -0.2) is 35.3 Å². The fourth-order valence-corrected chi connectivity index (χ4v) is 2.46. The second kappa shape index (κ2) is 4.28. The number of nitrogens with two attached hydrogens (primary N) is 1. The molecule has 96 valence electrons. The van der Waals surface area contributed by atoms with Crippen LogP contribution in [0.1, 0.15) is 11.5 Å². The topological polar surface area (TPSA) is 84.9 Å². The van der Waals surface area contributed by atoms with E-state index in [4.69, 9.17) is 15.2 Å². The van der Waals surface area contributed by atoms with Gasteiger partial charge in [0.15, 0.2) is 11.5 Å². The van der Waals surface area contributed by atoms with Crippen molar-refractivity contribution in [2.75, 3.05) is 6.79 Å². The number of ether oxygens (including phenoxy) is 2. The zero-order valence-corrected chi connectivity index (χ0v) is 9.69. The van der Waals surface area contributed by atoms with Crippen LogP contribution in [0.2, 0.25) is 0 Å². The molecule has 2 aliphatic rings. The number of aliphatic hydroxyl groups excluding tert-OH is 2. The van der Waals surface area contributed by atoms with Crippen molar-refractivity contribution in [2.45, 2.75) is 24.2 Å². The lowest BCUT2D eigenvalue weighted by molar-refractivity contribution is 0.0205. The van der Waals surface area contributed by atoms with Crippen LogP contribution in [0.3, 0.4) is 0 Å². The van der Waals surface area contributed by atoms with E-state index >= 15 is 0 Å². The number of benzene rings is 1. The normalized spacial score (nSPS) is 33.7. The second-order valence-electron chi connectivity index (χ2n) is 4.58. The summed E-state index contributed by atoms with van der Waals surface area (Å²) in [5.74, 6) is 0.990. The predicted octanol–water partition coefficient (Wildman–Crippen LogP) is 0.118. The van der Waals surface area contributed by atoms with Crippen molar-refractivity contribution in [3.05, 3.63) is 35.9 Å². The minimum absolute atomic E-state index is 0.209. The van der Waals surface area contributed by atoms with Crippen molar-refractivity contribution in [1.82, 2.24) is 0 Å². The Balaban J connectivity index is 1.96. The average molecular weight is 249 g/mol. The van der Waals surface area contributed by atoms with Crippen LogP contribution < -0.4 is 15.2 Å². The summed E-state index contributed by atoms with van der Waals surface area (Å²) in [6.45, 7) is 0.209. The highest BCUT2D eigenvalue weighted by Crippen LogP contribution is 2.37. The summed E-state index contributed by atoms with van der Waals surface area (Å²) in [7, 11) is 0. The molecule has 1 aliphatic heterocycles. The molecule has 4 N–H and O–H groups in total. The number of hydrogen-bond donors (Lipinski definition) is 3. The van der Waals surface area contributed by atoms with Crippen LogP contribution >= 0.6 is 0 Å². The van der Waals surface area contributed by atoms with Crippen molar-refractivity contribution in [3.63, 3.8) is 0 Å². The van der Waals surface area contributed by atoms with E-state index in [-0.39, 0.29) is 18.8 Å². The Morgan fingerprint density at radius 3 is 2.72 bits per heavy atom. The minimum atomic E-state index is -0.912. The van der Waals surface area contributed by atoms with Crippen molar-refractivity contribution < 1.29 is 19.7 Å². The fraction of sp³-hybridized carbons (Fsp3) is 0.385. The van der Waals surface area contributed by atoms with E-state index in [1.807, 2.05) is 12.1 Å². The summed E-state index contributed by atoms with van der Waals surface area (Å²) in [6, 6.07) is 5.11. The Morgan fingerprint density at radius 2 is 1.89 bits per heavy atom. The Kier molecular flexibility index (Phi) is 2.74. The summed E-state index contributed by atoms with van der Waals surface area (Å²) in [4.78, 5) is 0. The molecule has 0 fully saturated rings. The molecular formula is C13H15NO4. The highest BCUT2D eigenvalue weighted by atomic mass is 16.7. The summed E-state index contributed by atoms with van der Waals surface area (Å²) in [5.41, 5.74) is 6.81. The van der Waals surface area contributed by atoms with Gasteiger partial charge < -0.3 is 25.4 Å². The van der Waals surface area contributed by atoms with E-state index < -0.39 is 12.2 Å². The van der Waals surface area contributed by atoms with E-state index in [0.29, 0.717) is 11.5 Å². The fourth-order valence-electron chi connectivity index (χ4n) is 2.46. The third kappa shape index (κ3) is 1.77. The van der Waals surface area contributed by atoms with E-state index in [1.165, 1.54) is 6.08 Å². The standard InChI is InChI=1S/C13H15NO4/c14-8-2-3-9(15)13(16)12(8)7-1-4-10-11(5-7)18-6-17-10/h1-5,8-9,12-13,15-16H,6,14H2/t8-,9+,12+,13-/m0/s1. The van der Waals surface area contributed by atoms with Gasteiger partial charge in [0.25, 0.3) is 0 Å². The molecule has 0 unspecified atom stereocenters. The molecule has 1 aliphatic carbocycles. The van der Waals surface area contributed by atoms with Gasteiger partial charge in [0.05, 0.1) is 12.2 Å². The Morgan fingerprint density at radius 1 is 1.11 bits per heavy atom. The highest BCUT2D eigenvalue weighted by Gasteiger charge is 2.34. The quantitative estimate of drug-likeness (QED) is 0.615. The third-order valence-electron chi connectivity index (χ3n) is 3.44. The summed E-state index contributed by atoms with van der Waals surface area (Å²) in [6.07, 6.45) is 1.44. The van der Waals surface area contributed by atoms with Gasteiger partial charge in [-0.3, -0.25) is 0 Å². The molecule has 0 saturated carbocycles. The molecule has 5 nitrogen and oxygen atoms in total. The number of fused-ring (bicyclic) bond motifs is 1. The predicted molar refractivity (Wildman–Crippen MR) is 64.4 cm³/mol. The van der Waals surface area contributed by atoms with Gasteiger partial charge in [-0.1, -0.05) is 18.2 Å². The lowest BCUT2D eigenvalue weighted by atomic mass is 9.80. The van der Waals surface area contributed by atoms with Crippen LogP contribution in [-0.2, 0) is 0 Å². The van der Waals surface area contributed by atoms with Crippen LogP contribution in [0.4, 0.5) is 0 Å². The number of hydrogen-bond acceptors (Lipinski definition) is 5. The van der Waals surface area contributed by atoms with E-state index in [9.17, 15) is 10.2 Å². The minimum Gasteiger partial charge on any atom is -0.454 e. The molecule has 5 heteroatoms. The molecule has 18 heavy (non-hydrogen) atoms. The monoisotopic (exact) mass is 249 g/mol. The van der Waals surface area contributed by atoms with Crippen LogP contribution in [0.25, 0.3) is 0 Å². The van der Waals surface area contributed by atoms with Gasteiger partial charge in [0.2, 0.25) is 6.79 Å². The average Bonchev–Trinajstić information content (AvgIpc) is 2.82. The molecule has 0 saturated heterocycles. The number of rotatable bonds is 1. The van der Waals surface area contributed by atoms with Gasteiger partial charge in [0.1, 0.15) is 0 Å². The van der Waals surface area contributed by atoms with Crippen molar-refractivity contribution in [3.8, 4) is 11.5 Å². The molecule has 3 rings (SSSR count). The first-order valence-electron chi connectivity index (χ1n) is 5.86. The summed E-state index contributed by atoms with van der Waals surface area (Å²) in [5, 5.41) is 19.7. The molecule has 0 aromatic heterocycles. The van der Waals surface area contributed by atoms with Gasteiger partial charge in [-0.05, 0) is 17.7 Å². The first kappa shape index (κ1) is 11.5. The zero-order chi connectivity index (χ0) is 12.7. The molecule has 0 spiro atoms. The van der Waals surface area contributed by atoms with E-state index in [2.05, 4.69) is 0 Å². The first-order valence-corrected chi connectivity index (χ1v) is 5.86. The largest absolute Gasteiger partial charge is 0.454 e. The van der Waals surface area contributed by atoms with Crippen LogP contribution in [0, 0.1) is 0 Å². The van der Waals surface area contributed by atoms with Crippen LogP contribution in [0.15, 0.2) is 30.4 Å². The molecule has 1 aromatic carbocycles. The van der Waals surface area contributed by atoms with Gasteiger partial charge in [-0.2, -0.15) is 0 Å². The Bertz CT molecular complexity index is 488. The molecular weight excluding hydrogens is 234 g/mol. The maximum absolute atomic E-state index is 10.1. The lowest BCUT2D eigenvalue weighted by Gasteiger charge is -2.33. The van der Waals surface area contributed by atoms with Crippen LogP contribution in [0.5, 0.6) is 11.5 Å². The smallest absolute Gasteiger partial charge is 0.231 e. The Hall–Kier alpha value is -1.56. The van der Waals surface area contributed by atoms with E-state index in [1.54, 1.807) is 12.1 Å².